The van der Waals surface area contributed by atoms with Crippen LogP contribution >= 0.6 is 11.6 Å². The van der Waals surface area contributed by atoms with Crippen LogP contribution in [0.5, 0.6) is 11.5 Å². The van der Waals surface area contributed by atoms with E-state index in [1.54, 1.807) is 0 Å². The van der Waals surface area contributed by atoms with Crippen LogP contribution < -0.4 is 15.0 Å². The number of benzene rings is 3. The molecule has 2 aliphatic heterocycles. The van der Waals surface area contributed by atoms with Gasteiger partial charge in [0.05, 0.1) is 16.3 Å². The number of ether oxygens (including phenoxy) is 2. The number of rotatable bonds is 7. The van der Waals surface area contributed by atoms with Gasteiger partial charge in [0.15, 0.2) is 5.60 Å². The quantitative estimate of drug-likeness (QED) is 0.295. The van der Waals surface area contributed by atoms with E-state index >= 15 is 0 Å². The molecule has 6 heteroatoms. The van der Waals surface area contributed by atoms with Crippen molar-refractivity contribution in [2.24, 2.45) is 0 Å². The predicted octanol–water partition coefficient (Wildman–Crippen LogP) is 6.97. The van der Waals surface area contributed by atoms with Crippen LogP contribution in [0.3, 0.4) is 0 Å². The fraction of sp³-hybridized carbons (Fsp3) is 0.321. The zero-order chi connectivity index (χ0) is 23.9. The molecule has 1 atom stereocenters. The number of hydrogen-bond donors (Lipinski definition) is 1. The van der Waals surface area contributed by atoms with E-state index < -0.39 is 5.60 Å². The van der Waals surface area contributed by atoms with Crippen molar-refractivity contribution >= 4 is 28.9 Å². The van der Waals surface area contributed by atoms with Crippen LogP contribution in [-0.2, 0) is 10.3 Å². The Morgan fingerprint density at radius 3 is 2.47 bits per heavy atom. The van der Waals surface area contributed by atoms with Gasteiger partial charge in [-0.05, 0) is 44.5 Å². The van der Waals surface area contributed by atoms with E-state index in [0.29, 0.717) is 22.1 Å². The number of nitrogens with zero attached hydrogens (tertiary/aromatic N) is 1. The maximum atomic E-state index is 13.1. The van der Waals surface area contributed by atoms with Crippen LogP contribution in [0.2, 0.25) is 5.02 Å². The minimum Gasteiger partial charge on any atom is -0.456 e. The van der Waals surface area contributed by atoms with E-state index in [1.165, 1.54) is 0 Å². The SMILES string of the molecule is CCCCNc1cc2c(cc1Cl)Oc1cc(N(CC)CC)ccc1C21OC(=O)c2ccccc21. The van der Waals surface area contributed by atoms with Gasteiger partial charge < -0.3 is 19.7 Å². The number of anilines is 2. The Balaban J connectivity index is 1.74. The van der Waals surface area contributed by atoms with Crippen molar-refractivity contribution in [1.82, 2.24) is 0 Å². The number of carbonyl (C=O) groups excluding carboxylic acids is 1. The molecule has 1 unspecified atom stereocenters. The van der Waals surface area contributed by atoms with Crippen LogP contribution in [-0.4, -0.2) is 25.6 Å². The number of carbonyl (C=O) groups is 1. The fourth-order valence-corrected chi connectivity index (χ4v) is 5.22. The van der Waals surface area contributed by atoms with Crippen molar-refractivity contribution in [3.8, 4) is 11.5 Å². The van der Waals surface area contributed by atoms with Gasteiger partial charge in [-0.1, -0.05) is 43.1 Å². The van der Waals surface area contributed by atoms with Gasteiger partial charge in [0.2, 0.25) is 0 Å². The van der Waals surface area contributed by atoms with Crippen molar-refractivity contribution in [2.75, 3.05) is 29.9 Å². The van der Waals surface area contributed by atoms with E-state index in [0.717, 1.165) is 60.5 Å². The molecule has 0 fully saturated rings. The Hall–Kier alpha value is -3.18. The lowest BCUT2D eigenvalue weighted by atomic mass is 9.77. The van der Waals surface area contributed by atoms with Crippen LogP contribution in [0.15, 0.2) is 54.6 Å². The molecule has 0 amide bonds. The number of unbranched alkanes of at least 4 members (excludes halogenated alkanes) is 1. The number of hydrogen-bond acceptors (Lipinski definition) is 5. The molecule has 34 heavy (non-hydrogen) atoms. The second-order valence-electron chi connectivity index (χ2n) is 8.68. The molecule has 0 bridgehead atoms. The van der Waals surface area contributed by atoms with Crippen molar-refractivity contribution in [3.63, 3.8) is 0 Å². The topological polar surface area (TPSA) is 50.8 Å². The Kier molecular flexibility index (Phi) is 5.90. The van der Waals surface area contributed by atoms with E-state index in [2.05, 4.69) is 37.1 Å². The van der Waals surface area contributed by atoms with E-state index in [-0.39, 0.29) is 5.97 Å². The Labute approximate surface area is 205 Å². The smallest absolute Gasteiger partial charge is 0.340 e. The first-order chi connectivity index (χ1) is 16.5. The normalized spacial score (nSPS) is 17.5. The van der Waals surface area contributed by atoms with E-state index in [4.69, 9.17) is 21.1 Å². The minimum atomic E-state index is -1.09. The van der Waals surface area contributed by atoms with Gasteiger partial charge in [-0.2, -0.15) is 0 Å². The molecule has 2 aliphatic rings. The third kappa shape index (κ3) is 3.41. The summed E-state index contributed by atoms with van der Waals surface area (Å²) in [4.78, 5) is 15.3. The van der Waals surface area contributed by atoms with Crippen molar-refractivity contribution in [1.29, 1.82) is 0 Å². The molecule has 0 radical (unpaired) electrons. The molecular formula is C28H29ClN2O3. The van der Waals surface area contributed by atoms with Crippen molar-refractivity contribution in [2.45, 2.75) is 39.2 Å². The second-order valence-corrected chi connectivity index (χ2v) is 9.09. The molecule has 0 saturated heterocycles. The van der Waals surface area contributed by atoms with Gasteiger partial charge in [0.1, 0.15) is 11.5 Å². The molecule has 5 nitrogen and oxygen atoms in total. The summed E-state index contributed by atoms with van der Waals surface area (Å²) < 4.78 is 12.7. The standard InChI is InChI=1S/C28H29ClN2O3/c1-4-7-14-30-24-16-22-26(17-23(24)29)33-25-15-18(31(5-2)6-3)12-13-21(25)28(22)20-11-9-8-10-19(20)27(32)34-28/h8-13,15-17,30H,4-7,14H2,1-3H3. The lowest BCUT2D eigenvalue weighted by Gasteiger charge is -2.37. The summed E-state index contributed by atoms with van der Waals surface area (Å²) in [7, 11) is 0. The second kappa shape index (κ2) is 8.88. The van der Waals surface area contributed by atoms with Crippen LogP contribution in [0.1, 0.15) is 60.7 Å². The minimum absolute atomic E-state index is 0.335. The average Bonchev–Trinajstić information content (AvgIpc) is 3.14. The highest BCUT2D eigenvalue weighted by Gasteiger charge is 2.53. The Morgan fingerprint density at radius 1 is 0.941 bits per heavy atom. The average molecular weight is 477 g/mol. The van der Waals surface area contributed by atoms with Gasteiger partial charge in [0, 0.05) is 54.1 Å². The molecule has 0 aromatic heterocycles. The third-order valence-electron chi connectivity index (χ3n) is 6.76. The molecule has 1 N–H and O–H groups in total. The van der Waals surface area contributed by atoms with Gasteiger partial charge in [-0.15, -0.1) is 0 Å². The molecule has 176 valence electrons. The van der Waals surface area contributed by atoms with E-state index in [1.807, 2.05) is 48.5 Å². The Morgan fingerprint density at radius 2 is 1.71 bits per heavy atom. The summed E-state index contributed by atoms with van der Waals surface area (Å²) in [6.07, 6.45) is 2.11. The van der Waals surface area contributed by atoms with Crippen molar-refractivity contribution < 1.29 is 14.3 Å². The summed E-state index contributed by atoms with van der Waals surface area (Å²) in [6, 6.07) is 17.5. The van der Waals surface area contributed by atoms with Crippen LogP contribution in [0.25, 0.3) is 0 Å². The summed E-state index contributed by atoms with van der Waals surface area (Å²) in [5, 5.41) is 4.01. The number of esters is 1. The first-order valence-electron chi connectivity index (χ1n) is 12.0. The molecule has 0 saturated carbocycles. The maximum absolute atomic E-state index is 13.1. The zero-order valence-electron chi connectivity index (χ0n) is 19.8. The summed E-state index contributed by atoms with van der Waals surface area (Å²) in [5.41, 5.74) is 3.76. The monoisotopic (exact) mass is 476 g/mol. The fourth-order valence-electron chi connectivity index (χ4n) is 5.00. The van der Waals surface area contributed by atoms with Gasteiger partial charge in [0.25, 0.3) is 0 Å². The van der Waals surface area contributed by atoms with Gasteiger partial charge >= 0.3 is 5.97 Å². The lowest BCUT2D eigenvalue weighted by molar-refractivity contribution is 0.0224. The zero-order valence-corrected chi connectivity index (χ0v) is 20.5. The largest absolute Gasteiger partial charge is 0.456 e. The molecule has 3 aromatic rings. The number of nitrogens with one attached hydrogen (secondary N) is 1. The maximum Gasteiger partial charge on any atom is 0.340 e. The lowest BCUT2D eigenvalue weighted by Crippen LogP contribution is -2.33. The van der Waals surface area contributed by atoms with Crippen LogP contribution in [0.4, 0.5) is 11.4 Å². The molecule has 0 aliphatic carbocycles. The van der Waals surface area contributed by atoms with Gasteiger partial charge in [-0.25, -0.2) is 4.79 Å². The highest BCUT2D eigenvalue weighted by molar-refractivity contribution is 6.33. The predicted molar refractivity (Wildman–Crippen MR) is 137 cm³/mol. The number of fused-ring (bicyclic) bond motifs is 6. The number of halogens is 1. The van der Waals surface area contributed by atoms with Crippen molar-refractivity contribution in [3.05, 3.63) is 81.9 Å². The van der Waals surface area contributed by atoms with E-state index in [9.17, 15) is 4.79 Å². The van der Waals surface area contributed by atoms with Crippen LogP contribution in [0, 0.1) is 0 Å². The molecule has 1 spiro atoms. The summed E-state index contributed by atoms with van der Waals surface area (Å²) >= 11 is 6.66. The molecule has 2 heterocycles. The Bertz CT molecular complexity index is 1250. The highest BCUT2D eigenvalue weighted by atomic mass is 35.5. The first-order valence-corrected chi connectivity index (χ1v) is 12.4. The molecule has 3 aromatic carbocycles. The highest BCUT2D eigenvalue weighted by Crippen LogP contribution is 2.57. The van der Waals surface area contributed by atoms with Gasteiger partial charge in [-0.3, -0.25) is 0 Å². The third-order valence-corrected chi connectivity index (χ3v) is 7.07. The molecular weight excluding hydrogens is 448 g/mol. The summed E-state index contributed by atoms with van der Waals surface area (Å²) in [5.74, 6) is 0.932. The first kappa shape index (κ1) is 22.6. The molecule has 5 rings (SSSR count). The summed E-state index contributed by atoms with van der Waals surface area (Å²) in [6.45, 7) is 8.98.